The van der Waals surface area contributed by atoms with E-state index in [0.717, 1.165) is 6.42 Å². The molecule has 0 radical (unpaired) electrons. The van der Waals surface area contributed by atoms with Crippen molar-refractivity contribution in [1.82, 2.24) is 10.3 Å². The van der Waals surface area contributed by atoms with Crippen LogP contribution in [0.5, 0.6) is 0 Å². The number of nitrogens with one attached hydrogen (secondary N) is 1. The van der Waals surface area contributed by atoms with E-state index in [1.807, 2.05) is 12.1 Å². The highest BCUT2D eigenvalue weighted by Gasteiger charge is 2.29. The minimum Gasteiger partial charge on any atom is -0.378 e. The Morgan fingerprint density at radius 1 is 1.29 bits per heavy atom. The second-order valence-electron chi connectivity index (χ2n) is 5.58. The number of nitrogens with zero attached hydrogens (tertiary/aromatic N) is 2. The zero-order valence-corrected chi connectivity index (χ0v) is 11.9. The zero-order chi connectivity index (χ0) is 14.8. The lowest BCUT2D eigenvalue weighted by atomic mass is 9.79. The molecule has 21 heavy (non-hydrogen) atoms. The second kappa shape index (κ2) is 5.55. The first-order valence-electron chi connectivity index (χ1n) is 7.05. The molecule has 2 atom stereocenters. The summed E-state index contributed by atoms with van der Waals surface area (Å²) in [6, 6.07) is 8.22. The van der Waals surface area contributed by atoms with Crippen LogP contribution in [0.2, 0.25) is 0 Å². The number of aromatic nitrogens is 2. The summed E-state index contributed by atoms with van der Waals surface area (Å²) in [5.41, 5.74) is 8.11. The number of carbonyl (C=O) groups excluding carboxylic acids is 1. The molecule has 1 aromatic heterocycles. The van der Waals surface area contributed by atoms with Crippen LogP contribution in [-0.2, 0) is 4.79 Å². The molecular weight excluding hydrogens is 268 g/mol. The molecular formula is C15H18N4O2. The average molecular weight is 286 g/mol. The quantitative estimate of drug-likeness (QED) is 0.899. The molecule has 1 heterocycles. The van der Waals surface area contributed by atoms with Gasteiger partial charge in [0.1, 0.15) is 5.78 Å². The van der Waals surface area contributed by atoms with Crippen molar-refractivity contribution in [3.05, 3.63) is 35.4 Å². The van der Waals surface area contributed by atoms with E-state index in [-0.39, 0.29) is 23.6 Å². The highest BCUT2D eigenvalue weighted by atomic mass is 16.6. The van der Waals surface area contributed by atoms with Gasteiger partial charge in [0.05, 0.1) is 0 Å². The van der Waals surface area contributed by atoms with Gasteiger partial charge < -0.3 is 11.1 Å². The lowest BCUT2D eigenvalue weighted by molar-refractivity contribution is -0.120. The summed E-state index contributed by atoms with van der Waals surface area (Å²) < 4.78 is 4.57. The minimum absolute atomic E-state index is 0.00468. The Bertz CT molecular complexity index is 653. The first-order valence-corrected chi connectivity index (χ1v) is 7.05. The van der Waals surface area contributed by atoms with Gasteiger partial charge in [-0.25, -0.2) is 4.63 Å². The average Bonchev–Trinajstić information content (AvgIpc) is 2.84. The van der Waals surface area contributed by atoms with Crippen molar-refractivity contribution < 1.29 is 9.42 Å². The number of Topliss-reactive ketones (excluding diaryl/α,β-unsaturated/α-hetero) is 1. The van der Waals surface area contributed by atoms with Crippen molar-refractivity contribution in [3.8, 4) is 0 Å². The van der Waals surface area contributed by atoms with Gasteiger partial charge in [-0.1, -0.05) is 24.3 Å². The summed E-state index contributed by atoms with van der Waals surface area (Å²) in [7, 11) is 0. The summed E-state index contributed by atoms with van der Waals surface area (Å²) in [6.45, 7) is 2.08. The SMILES string of the molecule is Cc1ccccc1C1CC(=O)CC(Nc2nonc2N)C1. The number of ketones is 1. The Kier molecular flexibility index (Phi) is 3.60. The topological polar surface area (TPSA) is 94.0 Å². The van der Waals surface area contributed by atoms with Crippen LogP contribution in [-0.4, -0.2) is 22.1 Å². The van der Waals surface area contributed by atoms with E-state index in [2.05, 4.69) is 39.3 Å². The maximum Gasteiger partial charge on any atom is 0.215 e. The van der Waals surface area contributed by atoms with Crippen LogP contribution in [0.25, 0.3) is 0 Å². The van der Waals surface area contributed by atoms with Gasteiger partial charge in [0.2, 0.25) is 11.6 Å². The van der Waals surface area contributed by atoms with Crippen molar-refractivity contribution in [3.63, 3.8) is 0 Å². The van der Waals surface area contributed by atoms with Crippen molar-refractivity contribution in [2.24, 2.45) is 0 Å². The molecule has 110 valence electrons. The standard InChI is InChI=1S/C15H18N4O2/c1-9-4-2-3-5-13(9)10-6-11(8-12(20)7-10)17-15-14(16)18-21-19-15/h2-5,10-11H,6-8H2,1H3,(H2,16,18)(H,17,19). The van der Waals surface area contributed by atoms with Gasteiger partial charge in [-0.15, -0.1) is 0 Å². The molecule has 0 bridgehead atoms. The predicted molar refractivity (Wildman–Crippen MR) is 78.9 cm³/mol. The fourth-order valence-corrected chi connectivity index (χ4v) is 3.02. The molecule has 3 rings (SSSR count). The molecule has 1 saturated carbocycles. The summed E-state index contributed by atoms with van der Waals surface area (Å²) >= 11 is 0. The van der Waals surface area contributed by atoms with Gasteiger partial charge in [0.25, 0.3) is 0 Å². The molecule has 1 fully saturated rings. The first-order chi connectivity index (χ1) is 10.1. The highest BCUT2D eigenvalue weighted by Crippen LogP contribution is 2.34. The van der Waals surface area contributed by atoms with Crippen LogP contribution in [0.15, 0.2) is 28.9 Å². The smallest absolute Gasteiger partial charge is 0.215 e. The molecule has 6 nitrogen and oxygen atoms in total. The third-order valence-electron chi connectivity index (χ3n) is 4.00. The fourth-order valence-electron chi connectivity index (χ4n) is 3.02. The van der Waals surface area contributed by atoms with Gasteiger partial charge in [0.15, 0.2) is 0 Å². The lowest BCUT2D eigenvalue weighted by Crippen LogP contribution is -2.32. The molecule has 0 spiro atoms. The van der Waals surface area contributed by atoms with Crippen LogP contribution in [0.3, 0.4) is 0 Å². The lowest BCUT2D eigenvalue weighted by Gasteiger charge is -2.29. The van der Waals surface area contributed by atoms with E-state index in [1.165, 1.54) is 11.1 Å². The van der Waals surface area contributed by atoms with E-state index in [0.29, 0.717) is 18.7 Å². The monoisotopic (exact) mass is 286 g/mol. The molecule has 6 heteroatoms. The van der Waals surface area contributed by atoms with Gasteiger partial charge >= 0.3 is 0 Å². The molecule has 0 amide bonds. The summed E-state index contributed by atoms with van der Waals surface area (Å²) in [4.78, 5) is 12.1. The van der Waals surface area contributed by atoms with Crippen LogP contribution in [0, 0.1) is 6.92 Å². The van der Waals surface area contributed by atoms with E-state index in [9.17, 15) is 4.79 Å². The van der Waals surface area contributed by atoms with Crippen LogP contribution in [0.4, 0.5) is 11.6 Å². The Labute approximate surface area is 122 Å². The zero-order valence-electron chi connectivity index (χ0n) is 11.9. The van der Waals surface area contributed by atoms with Gasteiger partial charge in [-0.2, -0.15) is 0 Å². The number of carbonyl (C=O) groups is 1. The Morgan fingerprint density at radius 2 is 2.10 bits per heavy atom. The fraction of sp³-hybridized carbons (Fsp3) is 0.400. The minimum atomic E-state index is 0.00468. The van der Waals surface area contributed by atoms with Gasteiger partial charge in [-0.3, -0.25) is 4.79 Å². The number of aryl methyl sites for hydroxylation is 1. The van der Waals surface area contributed by atoms with Gasteiger partial charge in [-0.05, 0) is 40.7 Å². The Balaban J connectivity index is 1.77. The number of nitrogen functional groups attached to an aromatic ring is 1. The van der Waals surface area contributed by atoms with Crippen LogP contribution in [0.1, 0.15) is 36.3 Å². The number of rotatable bonds is 3. The van der Waals surface area contributed by atoms with Crippen LogP contribution < -0.4 is 11.1 Å². The number of benzene rings is 1. The molecule has 2 aromatic rings. The maximum absolute atomic E-state index is 12.1. The number of hydrogen-bond acceptors (Lipinski definition) is 6. The largest absolute Gasteiger partial charge is 0.378 e. The van der Waals surface area contributed by atoms with Crippen molar-refractivity contribution in [2.75, 3.05) is 11.1 Å². The van der Waals surface area contributed by atoms with Crippen LogP contribution >= 0.6 is 0 Å². The summed E-state index contributed by atoms with van der Waals surface area (Å²) in [6.07, 6.45) is 1.94. The molecule has 1 aromatic carbocycles. The van der Waals surface area contributed by atoms with E-state index in [4.69, 9.17) is 5.73 Å². The maximum atomic E-state index is 12.1. The predicted octanol–water partition coefficient (Wildman–Crippen LogP) is 2.28. The number of nitrogens with two attached hydrogens (primary N) is 1. The van der Waals surface area contributed by atoms with Crippen molar-refractivity contribution in [2.45, 2.75) is 38.1 Å². The molecule has 1 aliphatic carbocycles. The number of anilines is 2. The molecule has 2 unspecified atom stereocenters. The third kappa shape index (κ3) is 2.89. The molecule has 1 aliphatic rings. The summed E-state index contributed by atoms with van der Waals surface area (Å²) in [5, 5.41) is 10.4. The first kappa shape index (κ1) is 13.6. The summed E-state index contributed by atoms with van der Waals surface area (Å²) in [5.74, 6) is 1.12. The van der Waals surface area contributed by atoms with Gasteiger partial charge in [0, 0.05) is 18.9 Å². The normalized spacial score (nSPS) is 22.2. The molecule has 3 N–H and O–H groups in total. The van der Waals surface area contributed by atoms with Crippen molar-refractivity contribution in [1.29, 1.82) is 0 Å². The van der Waals surface area contributed by atoms with E-state index < -0.39 is 0 Å². The highest BCUT2D eigenvalue weighted by molar-refractivity contribution is 5.81. The third-order valence-corrected chi connectivity index (χ3v) is 4.00. The van der Waals surface area contributed by atoms with E-state index in [1.54, 1.807) is 0 Å². The van der Waals surface area contributed by atoms with Crippen molar-refractivity contribution >= 4 is 17.4 Å². The van der Waals surface area contributed by atoms with E-state index >= 15 is 0 Å². The molecule has 0 aliphatic heterocycles. The second-order valence-corrected chi connectivity index (χ2v) is 5.58. The molecule has 0 saturated heterocycles. The Morgan fingerprint density at radius 3 is 2.81 bits per heavy atom. The number of hydrogen-bond donors (Lipinski definition) is 2. The Hall–Kier alpha value is -2.37.